The van der Waals surface area contributed by atoms with Gasteiger partial charge in [0, 0.05) is 0 Å². The van der Waals surface area contributed by atoms with E-state index in [0.29, 0.717) is 5.75 Å². The van der Waals surface area contributed by atoms with Crippen molar-refractivity contribution in [2.75, 3.05) is 0 Å². The van der Waals surface area contributed by atoms with Gasteiger partial charge >= 0.3 is 10.1 Å². The van der Waals surface area contributed by atoms with E-state index in [0.717, 1.165) is 12.1 Å². The van der Waals surface area contributed by atoms with Crippen LogP contribution in [0.1, 0.15) is 5.56 Å². The molecule has 0 bridgehead atoms. The van der Waals surface area contributed by atoms with Crippen LogP contribution in [0.5, 0.6) is 17.2 Å². The van der Waals surface area contributed by atoms with Gasteiger partial charge in [0.2, 0.25) is 0 Å². The monoisotopic (exact) mass is 403 g/mol. The zero-order chi connectivity index (χ0) is 19.4. The highest BCUT2D eigenvalue weighted by Crippen LogP contribution is 2.30. The number of ether oxygens (including phenoxy) is 1. The molecule has 27 heavy (non-hydrogen) atoms. The van der Waals surface area contributed by atoms with E-state index in [4.69, 9.17) is 25.8 Å². The third-order valence-corrected chi connectivity index (χ3v) is 5.02. The second kappa shape index (κ2) is 7.66. The molecule has 5 nitrogen and oxygen atoms in total. The molecule has 3 rings (SSSR count). The van der Waals surface area contributed by atoms with Gasteiger partial charge in [-0.05, 0) is 60.7 Å². The maximum absolute atomic E-state index is 12.9. The minimum Gasteiger partial charge on any atom is -0.456 e. The van der Waals surface area contributed by atoms with Gasteiger partial charge in [0.15, 0.2) is 0 Å². The highest BCUT2D eigenvalue weighted by Gasteiger charge is 2.17. The van der Waals surface area contributed by atoms with Crippen molar-refractivity contribution in [2.24, 2.45) is 0 Å². The summed E-state index contributed by atoms with van der Waals surface area (Å²) in [6, 6.07) is 16.8. The molecule has 0 saturated carbocycles. The van der Waals surface area contributed by atoms with Crippen LogP contribution in [-0.2, 0) is 10.1 Å². The van der Waals surface area contributed by atoms with Gasteiger partial charge in [-0.25, -0.2) is 4.39 Å². The average molecular weight is 404 g/mol. The standard InChI is InChI=1S/C19H11ClFNO4S/c20-18-2-1-3-19(17(18)12-22)25-14-8-10-16(11-9-14)27(23,24)26-15-6-4-13(21)5-7-15/h1-11H. The van der Waals surface area contributed by atoms with Crippen molar-refractivity contribution in [3.8, 4) is 23.3 Å². The number of hydrogen-bond acceptors (Lipinski definition) is 5. The summed E-state index contributed by atoms with van der Waals surface area (Å²) in [6.45, 7) is 0. The summed E-state index contributed by atoms with van der Waals surface area (Å²) >= 11 is 5.95. The van der Waals surface area contributed by atoms with Crippen molar-refractivity contribution < 1.29 is 21.7 Å². The molecule has 136 valence electrons. The highest BCUT2D eigenvalue weighted by molar-refractivity contribution is 7.87. The Hall–Kier alpha value is -3.08. The Kier molecular flexibility index (Phi) is 5.31. The maximum Gasteiger partial charge on any atom is 0.339 e. The van der Waals surface area contributed by atoms with Crippen LogP contribution in [0.15, 0.2) is 71.6 Å². The van der Waals surface area contributed by atoms with E-state index in [1.165, 1.54) is 36.4 Å². The predicted molar refractivity (Wildman–Crippen MR) is 96.9 cm³/mol. The van der Waals surface area contributed by atoms with E-state index >= 15 is 0 Å². The minimum atomic E-state index is -4.09. The number of hydrogen-bond donors (Lipinski definition) is 0. The molecule has 3 aromatic rings. The summed E-state index contributed by atoms with van der Waals surface area (Å²) in [5.41, 5.74) is 0.176. The zero-order valence-electron chi connectivity index (χ0n) is 13.6. The summed E-state index contributed by atoms with van der Waals surface area (Å²) in [5, 5.41) is 9.40. The first-order valence-corrected chi connectivity index (χ1v) is 9.34. The van der Waals surface area contributed by atoms with Gasteiger partial charge in [-0.1, -0.05) is 17.7 Å². The smallest absolute Gasteiger partial charge is 0.339 e. The molecule has 0 aliphatic carbocycles. The van der Waals surface area contributed by atoms with Crippen LogP contribution < -0.4 is 8.92 Å². The van der Waals surface area contributed by atoms with Gasteiger partial charge in [-0.15, -0.1) is 0 Å². The summed E-state index contributed by atoms with van der Waals surface area (Å²) in [6.07, 6.45) is 0. The summed E-state index contributed by atoms with van der Waals surface area (Å²) < 4.78 is 48.0. The summed E-state index contributed by atoms with van der Waals surface area (Å²) in [7, 11) is -4.09. The molecule has 8 heteroatoms. The molecule has 0 N–H and O–H groups in total. The molecule has 0 aliphatic rings. The van der Waals surface area contributed by atoms with Crippen LogP contribution in [-0.4, -0.2) is 8.42 Å². The van der Waals surface area contributed by atoms with Crippen molar-refractivity contribution >= 4 is 21.7 Å². The van der Waals surface area contributed by atoms with Gasteiger partial charge in [-0.3, -0.25) is 0 Å². The lowest BCUT2D eigenvalue weighted by Crippen LogP contribution is -2.09. The normalized spacial score (nSPS) is 10.9. The first-order chi connectivity index (χ1) is 12.9. The third-order valence-electron chi connectivity index (χ3n) is 3.45. The predicted octanol–water partition coefficient (Wildman–Crippen LogP) is 4.91. The fraction of sp³-hybridized carbons (Fsp3) is 0. The van der Waals surface area contributed by atoms with E-state index in [1.807, 2.05) is 6.07 Å². The lowest BCUT2D eigenvalue weighted by molar-refractivity contribution is 0.477. The molecule has 0 unspecified atom stereocenters. The molecule has 0 radical (unpaired) electrons. The zero-order valence-corrected chi connectivity index (χ0v) is 15.2. The molecule has 3 aromatic carbocycles. The van der Waals surface area contributed by atoms with Crippen LogP contribution in [0.25, 0.3) is 0 Å². The van der Waals surface area contributed by atoms with E-state index in [2.05, 4.69) is 0 Å². The van der Waals surface area contributed by atoms with Crippen LogP contribution in [0, 0.1) is 17.1 Å². The van der Waals surface area contributed by atoms with Crippen LogP contribution >= 0.6 is 11.6 Å². The summed E-state index contributed by atoms with van der Waals surface area (Å²) in [4.78, 5) is -0.106. The summed E-state index contributed by atoms with van der Waals surface area (Å²) in [5.74, 6) is 0.0611. The van der Waals surface area contributed by atoms with Crippen molar-refractivity contribution in [1.29, 1.82) is 5.26 Å². The van der Waals surface area contributed by atoms with Crippen molar-refractivity contribution in [3.05, 3.63) is 83.1 Å². The largest absolute Gasteiger partial charge is 0.456 e. The second-order valence-corrected chi connectivity index (χ2v) is 7.24. The number of benzene rings is 3. The molecule has 0 fully saturated rings. The fourth-order valence-corrected chi connectivity index (χ4v) is 3.30. The molecule has 0 aromatic heterocycles. The van der Waals surface area contributed by atoms with E-state index in [1.54, 1.807) is 18.2 Å². The van der Waals surface area contributed by atoms with Crippen LogP contribution in [0.4, 0.5) is 4.39 Å². The van der Waals surface area contributed by atoms with Crippen molar-refractivity contribution in [3.63, 3.8) is 0 Å². The molecule has 0 heterocycles. The quantitative estimate of drug-likeness (QED) is 0.565. The third kappa shape index (κ3) is 4.37. The van der Waals surface area contributed by atoms with Gasteiger partial charge in [-0.2, -0.15) is 13.7 Å². The molecular weight excluding hydrogens is 393 g/mol. The highest BCUT2D eigenvalue weighted by atomic mass is 35.5. The first kappa shape index (κ1) is 18.7. The molecule has 0 aliphatic heterocycles. The Morgan fingerprint density at radius 3 is 2.19 bits per heavy atom. The molecule has 0 saturated heterocycles. The Balaban J connectivity index is 1.80. The van der Waals surface area contributed by atoms with Crippen molar-refractivity contribution in [1.82, 2.24) is 0 Å². The minimum absolute atomic E-state index is 0.00526. The molecular formula is C19H11ClFNO4S. The van der Waals surface area contributed by atoms with Crippen molar-refractivity contribution in [2.45, 2.75) is 4.90 Å². The maximum atomic E-state index is 12.9. The Bertz CT molecular complexity index is 1110. The fourth-order valence-electron chi connectivity index (χ4n) is 2.16. The first-order valence-electron chi connectivity index (χ1n) is 7.55. The van der Waals surface area contributed by atoms with Crippen LogP contribution in [0.2, 0.25) is 5.02 Å². The second-order valence-electron chi connectivity index (χ2n) is 5.29. The number of nitrogens with zero attached hydrogens (tertiary/aromatic N) is 1. The number of halogens is 2. The Morgan fingerprint density at radius 2 is 1.56 bits per heavy atom. The average Bonchev–Trinajstić information content (AvgIpc) is 2.64. The molecule has 0 spiro atoms. The van der Waals surface area contributed by atoms with Crippen LogP contribution in [0.3, 0.4) is 0 Å². The van der Waals surface area contributed by atoms with Gasteiger partial charge in [0.1, 0.15) is 39.6 Å². The number of rotatable bonds is 5. The Morgan fingerprint density at radius 1 is 0.926 bits per heavy atom. The van der Waals surface area contributed by atoms with E-state index < -0.39 is 15.9 Å². The lowest BCUT2D eigenvalue weighted by atomic mass is 10.2. The SMILES string of the molecule is N#Cc1c(Cl)cccc1Oc1ccc(S(=O)(=O)Oc2ccc(F)cc2)cc1. The lowest BCUT2D eigenvalue weighted by Gasteiger charge is -2.10. The van der Waals surface area contributed by atoms with E-state index in [9.17, 15) is 12.8 Å². The molecule has 0 amide bonds. The Labute approximate surface area is 160 Å². The van der Waals surface area contributed by atoms with Gasteiger partial charge < -0.3 is 8.92 Å². The van der Waals surface area contributed by atoms with Gasteiger partial charge in [0.05, 0.1) is 5.02 Å². The topological polar surface area (TPSA) is 76.4 Å². The van der Waals surface area contributed by atoms with Gasteiger partial charge in [0.25, 0.3) is 0 Å². The molecule has 0 atom stereocenters. The number of nitriles is 1. The van der Waals surface area contributed by atoms with E-state index in [-0.39, 0.29) is 27.0 Å².